The summed E-state index contributed by atoms with van der Waals surface area (Å²) in [5.41, 5.74) is 13.3. The number of hydrogen-bond acceptors (Lipinski definition) is 2. The lowest BCUT2D eigenvalue weighted by Gasteiger charge is -2.37. The summed E-state index contributed by atoms with van der Waals surface area (Å²) >= 11 is 0. The van der Waals surface area contributed by atoms with E-state index in [0.717, 1.165) is 29.2 Å². The highest BCUT2D eigenvalue weighted by Crippen LogP contribution is 2.46. The van der Waals surface area contributed by atoms with Gasteiger partial charge in [0.2, 0.25) is 0 Å². The van der Waals surface area contributed by atoms with Crippen molar-refractivity contribution in [2.45, 2.75) is 24.4 Å². The molecule has 2 aliphatic carbocycles. The Balaban J connectivity index is 0.945. The van der Waals surface area contributed by atoms with Gasteiger partial charge in [-0.05, 0) is 96.9 Å². The summed E-state index contributed by atoms with van der Waals surface area (Å²) < 4.78 is 4.78. The van der Waals surface area contributed by atoms with Gasteiger partial charge in [-0.25, -0.2) is 0 Å². The lowest BCUT2D eigenvalue weighted by Crippen LogP contribution is -2.41. The van der Waals surface area contributed by atoms with Crippen molar-refractivity contribution in [3.63, 3.8) is 0 Å². The van der Waals surface area contributed by atoms with Crippen molar-refractivity contribution in [2.75, 3.05) is 9.80 Å². The molecule has 2 aromatic heterocycles. The topological polar surface area (TPSA) is 16.3 Å². The molecule has 276 valence electrons. The fourth-order valence-corrected chi connectivity index (χ4v) is 10.0. The second kappa shape index (κ2) is 13.1. The molecule has 3 aliphatic rings. The number of hydrogen-bond donors (Lipinski definition) is 0. The van der Waals surface area contributed by atoms with Crippen LogP contribution in [-0.4, -0.2) is 21.2 Å². The molecule has 0 N–H and O–H groups in total. The van der Waals surface area contributed by atoms with Crippen molar-refractivity contribution >= 4 is 60.7 Å². The lowest BCUT2D eigenvalue weighted by molar-refractivity contribution is 0.612. The minimum Gasteiger partial charge on any atom is -0.357 e. The van der Waals surface area contributed by atoms with Gasteiger partial charge in [0.25, 0.3) is 0 Å². The van der Waals surface area contributed by atoms with E-state index in [1.807, 2.05) is 0 Å². The number of rotatable bonds is 6. The number of allylic oxidation sites excluding steroid dienone is 3. The van der Waals surface area contributed by atoms with Gasteiger partial charge in [-0.15, -0.1) is 0 Å². The third kappa shape index (κ3) is 5.01. The Morgan fingerprint density at radius 2 is 0.914 bits per heavy atom. The standard InChI is InChI=1S/C54H40N4/c1-7-19-49-43(13-1)44-14-2-8-20-50(44)56(49)40-31-25-37(26-32-40)55(38-27-33-41(34-28-38)57-51-21-9-3-15-45(51)46-16-4-10-22-52(46)57)39-29-35-42(36-30-39)58-53-23-11-5-17-47(53)48-18-6-12-24-54(48)58/h1-35,42,47,53H,36H2. The summed E-state index contributed by atoms with van der Waals surface area (Å²) in [5, 5.41) is 5.08. The summed E-state index contributed by atoms with van der Waals surface area (Å²) in [6.07, 6.45) is 17.3. The normalized spacial score (nSPS) is 18.3. The van der Waals surface area contributed by atoms with Crippen LogP contribution in [0.15, 0.2) is 218 Å². The number of benzene rings is 7. The number of anilines is 3. The maximum atomic E-state index is 2.63. The van der Waals surface area contributed by atoms with Crippen molar-refractivity contribution in [1.29, 1.82) is 0 Å². The number of nitrogens with zero attached hydrogens (tertiary/aromatic N) is 4. The van der Waals surface area contributed by atoms with Crippen LogP contribution in [0.4, 0.5) is 17.1 Å². The van der Waals surface area contributed by atoms with E-state index in [4.69, 9.17) is 0 Å². The van der Waals surface area contributed by atoms with Gasteiger partial charge < -0.3 is 18.9 Å². The van der Waals surface area contributed by atoms with Crippen LogP contribution in [0.5, 0.6) is 0 Å². The molecule has 0 saturated heterocycles. The van der Waals surface area contributed by atoms with E-state index in [2.05, 4.69) is 231 Å². The Hall–Kier alpha value is -7.30. The molecule has 4 nitrogen and oxygen atoms in total. The van der Waals surface area contributed by atoms with E-state index in [1.54, 1.807) is 0 Å². The molecule has 3 atom stereocenters. The minimum atomic E-state index is 0.258. The quantitative estimate of drug-likeness (QED) is 0.169. The SMILES string of the molecule is C1=CC2c3ccccc3N(C3C=CC(N(c4ccc(-n5c6ccccc6c6ccccc65)cc4)c4ccc(-n5c6ccccc6c6ccccc65)cc4)=CC3)C2C=C1. The Kier molecular flexibility index (Phi) is 7.45. The fraction of sp³-hybridized carbons (Fsp3) is 0.0741. The average molecular weight is 745 g/mol. The molecule has 3 heterocycles. The molecule has 12 rings (SSSR count). The van der Waals surface area contributed by atoms with E-state index >= 15 is 0 Å². The van der Waals surface area contributed by atoms with Gasteiger partial charge >= 0.3 is 0 Å². The van der Waals surface area contributed by atoms with Gasteiger partial charge in [0, 0.05) is 61.6 Å². The van der Waals surface area contributed by atoms with E-state index in [9.17, 15) is 0 Å². The second-order valence-corrected chi connectivity index (χ2v) is 15.7. The molecule has 7 aromatic carbocycles. The molecular formula is C54H40N4. The van der Waals surface area contributed by atoms with Crippen LogP contribution in [-0.2, 0) is 0 Å². The first-order chi connectivity index (χ1) is 28.8. The van der Waals surface area contributed by atoms with Crippen LogP contribution in [0.1, 0.15) is 17.9 Å². The number of aromatic nitrogens is 2. The predicted molar refractivity (Wildman–Crippen MR) is 243 cm³/mol. The monoisotopic (exact) mass is 744 g/mol. The van der Waals surface area contributed by atoms with Gasteiger partial charge in [-0.2, -0.15) is 0 Å². The molecule has 1 aliphatic heterocycles. The maximum Gasteiger partial charge on any atom is 0.0586 e. The van der Waals surface area contributed by atoms with Gasteiger partial charge in [0.05, 0.1) is 34.2 Å². The maximum absolute atomic E-state index is 2.63. The zero-order chi connectivity index (χ0) is 38.2. The van der Waals surface area contributed by atoms with Gasteiger partial charge in [0.15, 0.2) is 0 Å². The molecule has 9 aromatic rings. The van der Waals surface area contributed by atoms with Crippen LogP contribution >= 0.6 is 0 Å². The Labute approximate surface area is 337 Å². The highest BCUT2D eigenvalue weighted by molar-refractivity contribution is 6.10. The first-order valence-electron chi connectivity index (χ1n) is 20.4. The van der Waals surface area contributed by atoms with E-state index in [1.165, 1.54) is 60.6 Å². The number of para-hydroxylation sites is 5. The molecule has 0 bridgehead atoms. The van der Waals surface area contributed by atoms with Gasteiger partial charge in [-0.3, -0.25) is 0 Å². The molecule has 0 spiro atoms. The first kappa shape index (κ1) is 32.9. The van der Waals surface area contributed by atoms with Crippen LogP contribution in [0, 0.1) is 0 Å². The molecule has 0 radical (unpaired) electrons. The molecule has 0 saturated carbocycles. The predicted octanol–water partition coefficient (Wildman–Crippen LogP) is 13.3. The highest BCUT2D eigenvalue weighted by atomic mass is 15.2. The Morgan fingerprint density at radius 1 is 0.448 bits per heavy atom. The van der Waals surface area contributed by atoms with Crippen molar-refractivity contribution in [3.05, 3.63) is 224 Å². The summed E-state index contributed by atoms with van der Waals surface area (Å²) in [6.45, 7) is 0. The van der Waals surface area contributed by atoms with Crippen LogP contribution in [0.2, 0.25) is 0 Å². The van der Waals surface area contributed by atoms with Crippen molar-refractivity contribution in [1.82, 2.24) is 9.13 Å². The van der Waals surface area contributed by atoms with Crippen molar-refractivity contribution in [2.24, 2.45) is 0 Å². The summed E-state index contributed by atoms with van der Waals surface area (Å²) in [7, 11) is 0. The van der Waals surface area contributed by atoms with Crippen LogP contribution < -0.4 is 9.80 Å². The molecular weight excluding hydrogens is 705 g/mol. The van der Waals surface area contributed by atoms with Crippen LogP contribution in [0.3, 0.4) is 0 Å². The minimum absolute atomic E-state index is 0.258. The summed E-state index contributed by atoms with van der Waals surface area (Å²) in [4.78, 5) is 5.05. The van der Waals surface area contributed by atoms with Gasteiger partial charge in [0.1, 0.15) is 0 Å². The Morgan fingerprint density at radius 3 is 1.41 bits per heavy atom. The third-order valence-electron chi connectivity index (χ3n) is 12.6. The van der Waals surface area contributed by atoms with E-state index in [-0.39, 0.29) is 6.04 Å². The molecule has 4 heteroatoms. The number of fused-ring (bicyclic) bond motifs is 9. The first-order valence-corrected chi connectivity index (χ1v) is 20.4. The second-order valence-electron chi connectivity index (χ2n) is 15.7. The fourth-order valence-electron chi connectivity index (χ4n) is 10.0. The van der Waals surface area contributed by atoms with Crippen molar-refractivity contribution < 1.29 is 0 Å². The molecule has 3 unspecified atom stereocenters. The molecule has 0 fully saturated rings. The zero-order valence-electron chi connectivity index (χ0n) is 31.9. The average Bonchev–Trinajstić information content (AvgIpc) is 3.93. The smallest absolute Gasteiger partial charge is 0.0586 e. The lowest BCUT2D eigenvalue weighted by atomic mass is 9.91. The molecule has 58 heavy (non-hydrogen) atoms. The van der Waals surface area contributed by atoms with Crippen LogP contribution in [0.25, 0.3) is 55.0 Å². The molecule has 0 amide bonds. The third-order valence-corrected chi connectivity index (χ3v) is 12.6. The summed E-state index contributed by atoms with van der Waals surface area (Å²) in [5.74, 6) is 0.387. The summed E-state index contributed by atoms with van der Waals surface area (Å²) in [6, 6.07) is 62.6. The van der Waals surface area contributed by atoms with Crippen molar-refractivity contribution in [3.8, 4) is 11.4 Å². The van der Waals surface area contributed by atoms with E-state index in [0.29, 0.717) is 12.0 Å². The Bertz CT molecular complexity index is 2910. The van der Waals surface area contributed by atoms with Gasteiger partial charge in [-0.1, -0.05) is 127 Å². The largest absolute Gasteiger partial charge is 0.357 e. The highest BCUT2D eigenvalue weighted by Gasteiger charge is 2.39. The van der Waals surface area contributed by atoms with E-state index < -0.39 is 0 Å². The zero-order valence-corrected chi connectivity index (χ0v) is 31.9.